The second-order valence-electron chi connectivity index (χ2n) is 7.62. The van der Waals surface area contributed by atoms with E-state index in [4.69, 9.17) is 14.5 Å². The lowest BCUT2D eigenvalue weighted by Gasteiger charge is -2.29. The Balaban J connectivity index is 1.63. The van der Waals surface area contributed by atoms with Crippen LogP contribution in [-0.2, 0) is 9.47 Å². The van der Waals surface area contributed by atoms with Gasteiger partial charge in [-0.1, -0.05) is 0 Å². The minimum Gasteiger partial charge on any atom is -0.444 e. The Hall–Kier alpha value is -2.09. The molecule has 0 aliphatic carbocycles. The van der Waals surface area contributed by atoms with Crippen molar-refractivity contribution in [1.82, 2.24) is 14.9 Å². The summed E-state index contributed by atoms with van der Waals surface area (Å²) < 4.78 is 10.9. The first-order valence-electron chi connectivity index (χ1n) is 9.31. The Morgan fingerprint density at radius 2 is 1.85 bits per heavy atom. The van der Waals surface area contributed by atoms with E-state index < -0.39 is 5.60 Å². The zero-order valence-electron chi connectivity index (χ0n) is 16.0. The van der Waals surface area contributed by atoms with Gasteiger partial charge in [-0.3, -0.25) is 0 Å². The van der Waals surface area contributed by atoms with Crippen molar-refractivity contribution in [3.05, 3.63) is 12.3 Å². The minimum absolute atomic E-state index is 0.248. The van der Waals surface area contributed by atoms with Crippen LogP contribution >= 0.6 is 0 Å². The molecule has 0 spiro atoms. The third-order valence-corrected chi connectivity index (χ3v) is 4.39. The van der Waals surface area contributed by atoms with Crippen molar-refractivity contribution in [3.8, 4) is 0 Å². The largest absolute Gasteiger partial charge is 0.444 e. The van der Waals surface area contributed by atoms with E-state index in [2.05, 4.69) is 14.8 Å². The highest BCUT2D eigenvalue weighted by Crippen LogP contribution is 2.18. The smallest absolute Gasteiger partial charge is 0.410 e. The van der Waals surface area contributed by atoms with Crippen molar-refractivity contribution in [3.63, 3.8) is 0 Å². The number of aromatic nitrogens is 2. The van der Waals surface area contributed by atoms with Crippen molar-refractivity contribution in [1.29, 1.82) is 0 Å². The van der Waals surface area contributed by atoms with Gasteiger partial charge in [0.25, 0.3) is 0 Å². The Labute approximate surface area is 155 Å². The normalized spacial score (nSPS) is 19.3. The molecule has 0 saturated carbocycles. The van der Waals surface area contributed by atoms with E-state index in [0.717, 1.165) is 51.0 Å². The Bertz CT molecular complexity index is 613. The van der Waals surface area contributed by atoms with Crippen molar-refractivity contribution in [2.45, 2.75) is 32.8 Å². The molecule has 8 heteroatoms. The average Bonchev–Trinajstić information content (AvgIpc) is 2.87. The van der Waals surface area contributed by atoms with Gasteiger partial charge >= 0.3 is 6.09 Å². The average molecular weight is 363 g/mol. The molecule has 2 saturated heterocycles. The van der Waals surface area contributed by atoms with Crippen molar-refractivity contribution in [2.24, 2.45) is 0 Å². The first kappa shape index (κ1) is 18.7. The molecule has 2 aliphatic rings. The fourth-order valence-corrected chi connectivity index (χ4v) is 3.09. The molecular weight excluding hydrogens is 334 g/mol. The summed E-state index contributed by atoms with van der Waals surface area (Å²) in [6, 6.07) is 1.94. The Morgan fingerprint density at radius 3 is 2.58 bits per heavy atom. The fourth-order valence-electron chi connectivity index (χ4n) is 3.09. The number of anilines is 2. The van der Waals surface area contributed by atoms with Gasteiger partial charge in [-0.2, -0.15) is 4.98 Å². The number of hydrogen-bond donors (Lipinski definition) is 0. The molecule has 8 nitrogen and oxygen atoms in total. The number of carbonyl (C=O) groups excluding carboxylic acids is 1. The van der Waals surface area contributed by atoms with Gasteiger partial charge in [0, 0.05) is 45.5 Å². The summed E-state index contributed by atoms with van der Waals surface area (Å²) >= 11 is 0. The summed E-state index contributed by atoms with van der Waals surface area (Å²) in [7, 11) is 0. The van der Waals surface area contributed by atoms with Gasteiger partial charge in [0.2, 0.25) is 5.95 Å². The SMILES string of the molecule is CC(C)(C)OC(=O)N1CCCN(c2nccc(N3CCOCC3)n2)CC1. The van der Waals surface area contributed by atoms with Crippen LogP contribution in [0.25, 0.3) is 0 Å². The van der Waals surface area contributed by atoms with Crippen LogP contribution in [0.2, 0.25) is 0 Å². The Kier molecular flexibility index (Phi) is 5.80. The maximum absolute atomic E-state index is 12.3. The van der Waals surface area contributed by atoms with E-state index in [1.165, 1.54) is 0 Å². The summed E-state index contributed by atoms with van der Waals surface area (Å²) in [4.78, 5) is 27.6. The molecule has 0 N–H and O–H groups in total. The van der Waals surface area contributed by atoms with Gasteiger partial charge in [-0.15, -0.1) is 0 Å². The summed E-state index contributed by atoms with van der Waals surface area (Å²) in [6.45, 7) is 11.7. The van der Waals surface area contributed by atoms with Crippen LogP contribution in [0, 0.1) is 0 Å². The lowest BCUT2D eigenvalue weighted by Crippen LogP contribution is -2.39. The number of rotatable bonds is 2. The number of hydrogen-bond acceptors (Lipinski definition) is 7. The van der Waals surface area contributed by atoms with E-state index in [-0.39, 0.29) is 6.09 Å². The highest BCUT2D eigenvalue weighted by molar-refractivity contribution is 5.68. The van der Waals surface area contributed by atoms with Crippen molar-refractivity contribution < 1.29 is 14.3 Å². The van der Waals surface area contributed by atoms with Crippen LogP contribution in [0.1, 0.15) is 27.2 Å². The van der Waals surface area contributed by atoms with E-state index in [1.54, 1.807) is 4.90 Å². The van der Waals surface area contributed by atoms with E-state index in [0.29, 0.717) is 19.6 Å². The number of nitrogens with zero attached hydrogens (tertiary/aromatic N) is 5. The zero-order chi connectivity index (χ0) is 18.6. The van der Waals surface area contributed by atoms with Gasteiger partial charge in [-0.25, -0.2) is 9.78 Å². The Morgan fingerprint density at radius 1 is 1.08 bits per heavy atom. The number of carbonyl (C=O) groups is 1. The summed E-state index contributed by atoms with van der Waals surface area (Å²) in [5.41, 5.74) is -0.474. The van der Waals surface area contributed by atoms with Gasteiger partial charge < -0.3 is 24.2 Å². The quantitative estimate of drug-likeness (QED) is 0.793. The first-order chi connectivity index (χ1) is 12.4. The molecule has 1 aromatic heterocycles. The van der Waals surface area contributed by atoms with Crippen LogP contribution in [0.5, 0.6) is 0 Å². The lowest BCUT2D eigenvalue weighted by atomic mass is 10.2. The maximum Gasteiger partial charge on any atom is 0.410 e. The third-order valence-electron chi connectivity index (χ3n) is 4.39. The number of ether oxygens (including phenoxy) is 2. The lowest BCUT2D eigenvalue weighted by molar-refractivity contribution is 0.0263. The molecule has 26 heavy (non-hydrogen) atoms. The predicted octanol–water partition coefficient (Wildman–Crippen LogP) is 1.76. The minimum atomic E-state index is -0.474. The third kappa shape index (κ3) is 4.97. The second-order valence-corrected chi connectivity index (χ2v) is 7.62. The van der Waals surface area contributed by atoms with Gasteiger partial charge in [0.15, 0.2) is 0 Å². The van der Waals surface area contributed by atoms with Gasteiger partial charge in [0.05, 0.1) is 13.2 Å². The molecule has 0 unspecified atom stereocenters. The molecule has 2 fully saturated rings. The van der Waals surface area contributed by atoms with E-state index in [1.807, 2.05) is 33.0 Å². The van der Waals surface area contributed by atoms with E-state index >= 15 is 0 Å². The highest BCUT2D eigenvalue weighted by atomic mass is 16.6. The molecular formula is C18H29N5O3. The summed E-state index contributed by atoms with van der Waals surface area (Å²) in [6.07, 6.45) is 2.43. The highest BCUT2D eigenvalue weighted by Gasteiger charge is 2.25. The molecule has 1 aromatic rings. The molecule has 0 aromatic carbocycles. The molecule has 3 heterocycles. The number of amides is 1. The molecule has 2 aliphatic heterocycles. The zero-order valence-corrected chi connectivity index (χ0v) is 16.0. The van der Waals surface area contributed by atoms with E-state index in [9.17, 15) is 4.79 Å². The standard InChI is InChI=1S/C18H29N5O3/c1-18(2,3)26-17(24)23-8-4-7-22(9-10-23)16-19-6-5-15(20-16)21-11-13-25-14-12-21/h5-6H,4,7-14H2,1-3H3. The molecule has 0 radical (unpaired) electrons. The van der Waals surface area contributed by atoms with Crippen LogP contribution in [0.3, 0.4) is 0 Å². The van der Waals surface area contributed by atoms with Gasteiger partial charge in [-0.05, 0) is 33.3 Å². The van der Waals surface area contributed by atoms with Crippen molar-refractivity contribution >= 4 is 17.9 Å². The van der Waals surface area contributed by atoms with Crippen molar-refractivity contribution in [2.75, 3.05) is 62.3 Å². The molecule has 144 valence electrons. The molecule has 1 amide bonds. The predicted molar refractivity (Wildman–Crippen MR) is 99.7 cm³/mol. The summed E-state index contributed by atoms with van der Waals surface area (Å²) in [5, 5.41) is 0. The fraction of sp³-hybridized carbons (Fsp3) is 0.722. The topological polar surface area (TPSA) is 71.0 Å². The molecule has 0 atom stereocenters. The van der Waals surface area contributed by atoms with Crippen LogP contribution < -0.4 is 9.80 Å². The van der Waals surface area contributed by atoms with Gasteiger partial charge in [0.1, 0.15) is 11.4 Å². The summed E-state index contributed by atoms with van der Waals surface area (Å²) in [5.74, 6) is 1.66. The van der Waals surface area contributed by atoms with Crippen LogP contribution in [0.4, 0.5) is 16.6 Å². The number of morpholine rings is 1. The molecule has 0 bridgehead atoms. The monoisotopic (exact) mass is 363 g/mol. The van der Waals surface area contributed by atoms with Crippen LogP contribution in [-0.4, -0.2) is 79.0 Å². The maximum atomic E-state index is 12.3. The van der Waals surface area contributed by atoms with Crippen LogP contribution in [0.15, 0.2) is 12.3 Å². The second kappa shape index (κ2) is 8.07. The molecule has 3 rings (SSSR count). The first-order valence-corrected chi connectivity index (χ1v) is 9.31.